The van der Waals surface area contributed by atoms with E-state index in [2.05, 4.69) is 0 Å². The average Bonchev–Trinajstić information content (AvgIpc) is 3.41. The van der Waals surface area contributed by atoms with Gasteiger partial charge in [-0.1, -0.05) is 13.8 Å². The van der Waals surface area contributed by atoms with Crippen molar-refractivity contribution in [1.29, 1.82) is 0 Å². The maximum atomic E-state index is 14.1. The molecular formula is C39H64O17. The number of ether oxygens (including phenoxy) is 4. The van der Waals surface area contributed by atoms with Crippen molar-refractivity contribution in [1.82, 2.24) is 0 Å². The van der Waals surface area contributed by atoms with Crippen LogP contribution in [0.4, 0.5) is 0 Å². The minimum Gasteiger partial charge on any atom is -0.394 e. The van der Waals surface area contributed by atoms with Crippen LogP contribution in [-0.2, 0) is 23.7 Å². The van der Waals surface area contributed by atoms with Gasteiger partial charge in [-0.3, -0.25) is 4.79 Å². The number of fused-ring (bicyclic) bond motifs is 5. The summed E-state index contributed by atoms with van der Waals surface area (Å²) in [6.07, 6.45) is -15.9. The minimum absolute atomic E-state index is 0.00841. The zero-order valence-electron chi connectivity index (χ0n) is 32.8. The lowest BCUT2D eigenvalue weighted by molar-refractivity contribution is -0.341. The second-order valence-corrected chi connectivity index (χ2v) is 18.8. The third-order valence-electron chi connectivity index (χ3n) is 14.8. The summed E-state index contributed by atoms with van der Waals surface area (Å²) < 4.78 is 22.7. The molecule has 2 saturated heterocycles. The molecule has 4 aliphatic carbocycles. The summed E-state index contributed by atoms with van der Waals surface area (Å²) in [5, 5.41) is 130. The van der Waals surface area contributed by atoms with Gasteiger partial charge in [0.2, 0.25) is 0 Å². The quantitative estimate of drug-likeness (QED) is 0.103. The molecule has 0 bridgehead atoms. The molecule has 0 aromatic heterocycles. The zero-order valence-corrected chi connectivity index (χ0v) is 32.8. The van der Waals surface area contributed by atoms with E-state index in [9.17, 15) is 66.1 Å². The lowest BCUT2D eigenvalue weighted by Gasteiger charge is -2.61. The molecule has 0 aromatic rings. The van der Waals surface area contributed by atoms with Crippen LogP contribution in [-0.4, -0.2) is 177 Å². The Kier molecular flexibility index (Phi) is 12.4. The molecule has 3 saturated carbocycles. The Morgan fingerprint density at radius 2 is 1.46 bits per heavy atom. The summed E-state index contributed by atoms with van der Waals surface area (Å²) in [5.74, 6) is -1.76. The molecule has 6 rings (SSSR count). The molecule has 0 aromatic carbocycles. The molecule has 56 heavy (non-hydrogen) atoms. The van der Waals surface area contributed by atoms with Gasteiger partial charge in [-0.15, -0.1) is 0 Å². The number of aliphatic hydroxyl groups is 12. The van der Waals surface area contributed by atoms with E-state index in [1.165, 1.54) is 6.08 Å². The summed E-state index contributed by atoms with van der Waals surface area (Å²) in [4.78, 5) is 14.1. The van der Waals surface area contributed by atoms with Crippen LogP contribution in [0.5, 0.6) is 0 Å². The van der Waals surface area contributed by atoms with E-state index in [1.54, 1.807) is 20.8 Å². The fourth-order valence-electron chi connectivity index (χ4n) is 11.2. The van der Waals surface area contributed by atoms with Gasteiger partial charge in [0.25, 0.3) is 0 Å². The molecule has 0 spiro atoms. The molecule has 0 amide bonds. The van der Waals surface area contributed by atoms with Crippen molar-refractivity contribution in [2.75, 3.05) is 13.2 Å². The predicted octanol–water partition coefficient (Wildman–Crippen LogP) is -2.50. The van der Waals surface area contributed by atoms with Crippen LogP contribution >= 0.6 is 0 Å². The Bertz CT molecular complexity index is 1450. The highest BCUT2D eigenvalue weighted by Gasteiger charge is 2.69. The number of carbonyl (C=O) groups is 1. The second-order valence-electron chi connectivity index (χ2n) is 18.8. The van der Waals surface area contributed by atoms with Gasteiger partial charge < -0.3 is 80.2 Å². The first-order chi connectivity index (χ1) is 25.9. The lowest BCUT2D eigenvalue weighted by atomic mass is 9.45. The van der Waals surface area contributed by atoms with E-state index in [0.29, 0.717) is 24.8 Å². The Hall–Kier alpha value is -1.23. The molecule has 0 unspecified atom stereocenters. The first-order valence-corrected chi connectivity index (χ1v) is 20.0. The summed E-state index contributed by atoms with van der Waals surface area (Å²) in [5.41, 5.74) is -5.22. The number of hydrogen-bond donors (Lipinski definition) is 12. The normalized spacial score (nSPS) is 50.0. The molecule has 322 valence electrons. The standard InChI is InChI=1S/C39H64O17/c1-35(2,50)9-8-26(43)38(5,51)25-7-11-39(52)18-12-20(41)19-13-22(21(42)14-36(19,3)17(18)6-10-37(25,39)4)54-34-32(49)30(47)28(45)24(56-34)16-53-33-31(48)29(46)27(44)23(15-40)55-33/h12,17,19,21-34,40,42-52H,6-11,13-16H2,1-5H3/t17-,19-,21-,22+,23+,24+,25-,26+,27-,28-,29-,30-,31+,32+,33-,34-,36+,37+,38+,39+/m0/s1. The first-order valence-electron chi connectivity index (χ1n) is 20.0. The van der Waals surface area contributed by atoms with Gasteiger partial charge in [-0.05, 0) is 101 Å². The van der Waals surface area contributed by atoms with Gasteiger partial charge in [-0.25, -0.2) is 0 Å². The molecule has 2 aliphatic heterocycles. The Morgan fingerprint density at radius 3 is 2.09 bits per heavy atom. The number of ketones is 1. The Balaban J connectivity index is 1.15. The topological polar surface area (TPSA) is 297 Å². The summed E-state index contributed by atoms with van der Waals surface area (Å²) in [7, 11) is 0. The molecule has 2 heterocycles. The molecular weight excluding hydrogens is 740 g/mol. The molecule has 17 nitrogen and oxygen atoms in total. The molecule has 20 atom stereocenters. The van der Waals surface area contributed by atoms with Crippen LogP contribution in [0.15, 0.2) is 11.6 Å². The maximum absolute atomic E-state index is 14.1. The van der Waals surface area contributed by atoms with Gasteiger partial charge in [0.1, 0.15) is 48.8 Å². The van der Waals surface area contributed by atoms with Crippen molar-refractivity contribution < 1.29 is 85.0 Å². The van der Waals surface area contributed by atoms with Crippen LogP contribution in [0.3, 0.4) is 0 Å². The number of rotatable bonds is 11. The van der Waals surface area contributed by atoms with Crippen LogP contribution in [0.2, 0.25) is 0 Å². The molecule has 12 N–H and O–H groups in total. The van der Waals surface area contributed by atoms with Crippen LogP contribution in [0, 0.1) is 28.6 Å². The van der Waals surface area contributed by atoms with Crippen molar-refractivity contribution in [3.63, 3.8) is 0 Å². The van der Waals surface area contributed by atoms with Gasteiger partial charge in [0, 0.05) is 11.3 Å². The van der Waals surface area contributed by atoms with Crippen molar-refractivity contribution >= 4 is 5.78 Å². The number of hydrogen-bond acceptors (Lipinski definition) is 17. The maximum Gasteiger partial charge on any atom is 0.187 e. The van der Waals surface area contributed by atoms with Gasteiger partial charge in [0.15, 0.2) is 18.4 Å². The fourth-order valence-corrected chi connectivity index (χ4v) is 11.2. The number of allylic oxidation sites excluding steroid dienone is 1. The van der Waals surface area contributed by atoms with Crippen molar-refractivity contribution in [2.24, 2.45) is 28.6 Å². The van der Waals surface area contributed by atoms with E-state index in [4.69, 9.17) is 18.9 Å². The third-order valence-corrected chi connectivity index (χ3v) is 14.8. The summed E-state index contributed by atoms with van der Waals surface area (Å²) >= 11 is 0. The van der Waals surface area contributed by atoms with E-state index < -0.39 is 132 Å². The van der Waals surface area contributed by atoms with Crippen molar-refractivity contribution in [2.45, 2.75) is 183 Å². The van der Waals surface area contributed by atoms with E-state index in [1.807, 2.05) is 13.8 Å². The van der Waals surface area contributed by atoms with E-state index in [-0.39, 0.29) is 43.8 Å². The highest BCUT2D eigenvalue weighted by Crippen LogP contribution is 2.68. The van der Waals surface area contributed by atoms with Gasteiger partial charge in [-0.2, -0.15) is 0 Å². The second kappa shape index (κ2) is 15.7. The highest BCUT2D eigenvalue weighted by molar-refractivity contribution is 5.95. The average molecular weight is 805 g/mol. The third kappa shape index (κ3) is 7.45. The number of carbonyl (C=O) groups excluding carboxylic acids is 1. The summed E-state index contributed by atoms with van der Waals surface area (Å²) in [6, 6.07) is 0. The molecule has 17 heteroatoms. The molecule has 0 radical (unpaired) electrons. The first kappa shape index (κ1) is 44.3. The Morgan fingerprint density at radius 1 is 0.857 bits per heavy atom. The molecule has 6 aliphatic rings. The largest absolute Gasteiger partial charge is 0.394 e. The van der Waals surface area contributed by atoms with Crippen LogP contribution in [0.1, 0.15) is 86.0 Å². The predicted molar refractivity (Wildman–Crippen MR) is 192 cm³/mol. The van der Waals surface area contributed by atoms with Gasteiger partial charge in [0.05, 0.1) is 48.3 Å². The summed E-state index contributed by atoms with van der Waals surface area (Å²) in [6.45, 7) is 7.41. The monoisotopic (exact) mass is 804 g/mol. The van der Waals surface area contributed by atoms with E-state index >= 15 is 0 Å². The van der Waals surface area contributed by atoms with Crippen molar-refractivity contribution in [3.05, 3.63) is 11.6 Å². The highest BCUT2D eigenvalue weighted by atomic mass is 16.7. The SMILES string of the molecule is CC(C)(O)CC[C@@H](O)[C@](C)(O)[C@H]1CC[C@@]2(O)C3=CC(=O)[C@@H]4C[C@@H](O[C@H]5O[C@H](CO[C@H]6O[C@H](CO)[C@H](O)[C@H](O)[C@H]6O)[C@H](O)[C@H](O)[C@H]5O)[C@@H](O)C[C@]4(C)[C@H]3CC[C@]12C. The van der Waals surface area contributed by atoms with Crippen LogP contribution < -0.4 is 0 Å². The molecule has 5 fully saturated rings. The zero-order chi connectivity index (χ0) is 41.5. The fraction of sp³-hybridized carbons (Fsp3) is 0.923. The van der Waals surface area contributed by atoms with E-state index in [0.717, 1.165) is 0 Å². The lowest BCUT2D eigenvalue weighted by Crippen LogP contribution is -2.64. The minimum atomic E-state index is -1.80. The van der Waals surface area contributed by atoms with Crippen molar-refractivity contribution in [3.8, 4) is 0 Å². The smallest absolute Gasteiger partial charge is 0.187 e. The van der Waals surface area contributed by atoms with Gasteiger partial charge >= 0.3 is 0 Å². The number of aliphatic hydroxyl groups excluding tert-OH is 9. The van der Waals surface area contributed by atoms with Crippen LogP contribution in [0.25, 0.3) is 0 Å². The Labute approximate surface area is 326 Å².